The Kier molecular flexibility index (Phi) is 6.04. The van der Waals surface area contributed by atoms with Crippen LogP contribution in [-0.2, 0) is 0 Å². The quantitative estimate of drug-likeness (QED) is 0.319. The van der Waals surface area contributed by atoms with Gasteiger partial charge in [-0.2, -0.15) is 9.61 Å². The largest absolute Gasteiger partial charge is 0.367 e. The molecule has 6 nitrogen and oxygen atoms in total. The van der Waals surface area contributed by atoms with Gasteiger partial charge in [-0.1, -0.05) is 29.4 Å². The van der Waals surface area contributed by atoms with Crippen molar-refractivity contribution in [2.45, 2.75) is 46.9 Å². The number of hydrogen-bond donors (Lipinski definition) is 3. The number of nitrogens with two attached hydrogens (primary N) is 1. The molecule has 4 N–H and O–H groups in total. The Hall–Kier alpha value is -2.26. The van der Waals surface area contributed by atoms with Crippen LogP contribution in [0.2, 0.25) is 5.02 Å². The van der Waals surface area contributed by atoms with Crippen molar-refractivity contribution in [2.75, 3.05) is 10.6 Å². The molecule has 1 aliphatic rings. The van der Waals surface area contributed by atoms with Gasteiger partial charge in [-0.3, -0.25) is 0 Å². The normalized spacial score (nSPS) is 18.9. The SMILES string of the molecule is N[C@H]1CC[C@H](Nc2cc(Nc3ccc(Sc4cccs4)cc3)n3ncc(Cl)c3n2)CC1. The molecule has 1 fully saturated rings. The van der Waals surface area contributed by atoms with Crippen molar-refractivity contribution < 1.29 is 0 Å². The van der Waals surface area contributed by atoms with Crippen LogP contribution in [0.4, 0.5) is 17.3 Å². The fourth-order valence-electron chi connectivity index (χ4n) is 3.76. The van der Waals surface area contributed by atoms with Crippen molar-refractivity contribution in [3.63, 3.8) is 0 Å². The number of thiophene rings is 1. The van der Waals surface area contributed by atoms with Crippen LogP contribution in [0, 0.1) is 0 Å². The number of fused-ring (bicyclic) bond motifs is 1. The average molecular weight is 471 g/mol. The van der Waals surface area contributed by atoms with Crippen LogP contribution in [-0.4, -0.2) is 26.7 Å². The molecule has 1 saturated carbocycles. The van der Waals surface area contributed by atoms with Gasteiger partial charge in [0.2, 0.25) is 0 Å². The fourth-order valence-corrected chi connectivity index (χ4v) is 5.68. The molecule has 4 aromatic rings. The second-order valence-corrected chi connectivity index (χ2v) is 10.4. The summed E-state index contributed by atoms with van der Waals surface area (Å²) in [5.74, 6) is 1.60. The van der Waals surface area contributed by atoms with Crippen LogP contribution in [0.25, 0.3) is 5.65 Å². The highest BCUT2D eigenvalue weighted by Gasteiger charge is 2.20. The van der Waals surface area contributed by atoms with Crippen LogP contribution in [0.1, 0.15) is 25.7 Å². The Morgan fingerprint density at radius 3 is 2.68 bits per heavy atom. The number of halogens is 1. The van der Waals surface area contributed by atoms with Crippen molar-refractivity contribution in [2.24, 2.45) is 5.73 Å². The standard InChI is InChI=1S/C22H23ClN6S2/c23-18-13-25-29-20(12-19(28-22(18)29)26-15-5-3-14(24)4-6-15)27-16-7-9-17(10-8-16)31-21-2-1-11-30-21/h1-2,7-15,27H,3-6,24H2,(H,26,28)/t14-,15-. The van der Waals surface area contributed by atoms with Gasteiger partial charge in [0.1, 0.15) is 16.7 Å². The summed E-state index contributed by atoms with van der Waals surface area (Å²) < 4.78 is 3.01. The van der Waals surface area contributed by atoms with Gasteiger partial charge in [0.05, 0.1) is 10.4 Å². The molecule has 0 amide bonds. The Morgan fingerprint density at radius 2 is 1.94 bits per heavy atom. The van der Waals surface area contributed by atoms with Gasteiger partial charge in [-0.15, -0.1) is 11.3 Å². The number of nitrogens with zero attached hydrogens (tertiary/aromatic N) is 3. The van der Waals surface area contributed by atoms with E-state index in [0.29, 0.717) is 22.8 Å². The predicted octanol–water partition coefficient (Wildman–Crippen LogP) is 6.02. The summed E-state index contributed by atoms with van der Waals surface area (Å²) in [7, 11) is 0. The van der Waals surface area contributed by atoms with Gasteiger partial charge >= 0.3 is 0 Å². The average Bonchev–Trinajstić information content (AvgIpc) is 3.42. The Bertz CT molecular complexity index is 1150. The van der Waals surface area contributed by atoms with E-state index < -0.39 is 0 Å². The summed E-state index contributed by atoms with van der Waals surface area (Å²) >= 11 is 9.86. The lowest BCUT2D eigenvalue weighted by atomic mass is 9.92. The summed E-state index contributed by atoms with van der Waals surface area (Å²) in [5, 5.41) is 14.0. The molecule has 160 valence electrons. The maximum atomic E-state index is 6.35. The zero-order valence-corrected chi connectivity index (χ0v) is 19.2. The molecule has 0 bridgehead atoms. The molecule has 9 heteroatoms. The second-order valence-electron chi connectivity index (χ2n) is 7.69. The van der Waals surface area contributed by atoms with Crippen molar-refractivity contribution >= 4 is 57.7 Å². The van der Waals surface area contributed by atoms with E-state index in [1.807, 2.05) is 6.07 Å². The molecular formula is C22H23ClN6S2. The molecule has 0 saturated heterocycles. The molecule has 31 heavy (non-hydrogen) atoms. The van der Waals surface area contributed by atoms with Gasteiger partial charge in [-0.05, 0) is 61.4 Å². The number of anilines is 3. The Labute approximate surface area is 194 Å². The molecule has 5 rings (SSSR count). The van der Waals surface area contributed by atoms with Gasteiger partial charge in [0.15, 0.2) is 5.65 Å². The molecule has 1 aliphatic carbocycles. The van der Waals surface area contributed by atoms with Crippen molar-refractivity contribution in [1.82, 2.24) is 14.6 Å². The molecule has 0 atom stereocenters. The zero-order chi connectivity index (χ0) is 21.2. The maximum Gasteiger partial charge on any atom is 0.178 e. The van der Waals surface area contributed by atoms with E-state index in [0.717, 1.165) is 43.0 Å². The highest BCUT2D eigenvalue weighted by Crippen LogP contribution is 2.32. The van der Waals surface area contributed by atoms with Crippen molar-refractivity contribution in [1.29, 1.82) is 0 Å². The van der Waals surface area contributed by atoms with E-state index in [-0.39, 0.29) is 0 Å². The van der Waals surface area contributed by atoms with Crippen LogP contribution >= 0.6 is 34.7 Å². The molecule has 0 aliphatic heterocycles. The van der Waals surface area contributed by atoms with E-state index in [2.05, 4.69) is 57.5 Å². The number of nitrogens with one attached hydrogen (secondary N) is 2. The molecule has 0 unspecified atom stereocenters. The second kappa shape index (κ2) is 9.08. The summed E-state index contributed by atoms with van der Waals surface area (Å²) in [4.78, 5) is 5.89. The smallest absolute Gasteiger partial charge is 0.178 e. The summed E-state index contributed by atoms with van der Waals surface area (Å²) in [5.41, 5.74) is 7.65. The van der Waals surface area contributed by atoms with Crippen LogP contribution in [0.5, 0.6) is 0 Å². The summed E-state index contributed by atoms with van der Waals surface area (Å²) in [6.45, 7) is 0. The number of aromatic nitrogens is 3. The van der Waals surface area contributed by atoms with E-state index in [1.165, 1.54) is 9.10 Å². The van der Waals surface area contributed by atoms with Gasteiger partial charge in [0, 0.05) is 28.7 Å². The summed E-state index contributed by atoms with van der Waals surface area (Å²) in [6.07, 6.45) is 5.79. The Morgan fingerprint density at radius 1 is 1.13 bits per heavy atom. The fraction of sp³-hybridized carbons (Fsp3) is 0.273. The molecule has 3 aromatic heterocycles. The lowest BCUT2D eigenvalue weighted by Crippen LogP contribution is -2.33. The van der Waals surface area contributed by atoms with Crippen LogP contribution in [0.15, 0.2) is 63.1 Å². The summed E-state index contributed by atoms with van der Waals surface area (Å²) in [6, 6.07) is 15.3. The molecule has 3 heterocycles. The van der Waals surface area contributed by atoms with Crippen molar-refractivity contribution in [3.05, 3.63) is 59.1 Å². The lowest BCUT2D eigenvalue weighted by Gasteiger charge is -2.27. The maximum absolute atomic E-state index is 6.35. The first-order valence-corrected chi connectivity index (χ1v) is 12.4. The first-order valence-electron chi connectivity index (χ1n) is 10.3. The first-order chi connectivity index (χ1) is 15.1. The molecule has 0 spiro atoms. The lowest BCUT2D eigenvalue weighted by molar-refractivity contribution is 0.410. The first kappa shape index (κ1) is 20.6. The molecule has 0 radical (unpaired) electrons. The Balaban J connectivity index is 1.37. The number of rotatable bonds is 6. The monoisotopic (exact) mass is 470 g/mol. The van der Waals surface area contributed by atoms with Crippen LogP contribution < -0.4 is 16.4 Å². The number of benzene rings is 1. The van der Waals surface area contributed by atoms with Crippen molar-refractivity contribution in [3.8, 4) is 0 Å². The zero-order valence-electron chi connectivity index (χ0n) is 16.8. The predicted molar refractivity (Wildman–Crippen MR) is 130 cm³/mol. The third kappa shape index (κ3) is 4.82. The third-order valence-corrected chi connectivity index (χ3v) is 7.70. The highest BCUT2D eigenvalue weighted by atomic mass is 35.5. The highest BCUT2D eigenvalue weighted by molar-refractivity contribution is 8.01. The molecular weight excluding hydrogens is 448 g/mol. The van der Waals surface area contributed by atoms with E-state index in [1.54, 1.807) is 33.8 Å². The topological polar surface area (TPSA) is 80.3 Å². The van der Waals surface area contributed by atoms with Gasteiger partial charge in [-0.25, -0.2) is 4.98 Å². The van der Waals surface area contributed by atoms with Gasteiger partial charge < -0.3 is 16.4 Å². The minimum Gasteiger partial charge on any atom is -0.367 e. The minimum absolute atomic E-state index is 0.316. The van der Waals surface area contributed by atoms with Gasteiger partial charge in [0.25, 0.3) is 0 Å². The number of hydrogen-bond acceptors (Lipinski definition) is 7. The minimum atomic E-state index is 0.316. The third-order valence-electron chi connectivity index (χ3n) is 5.39. The van der Waals surface area contributed by atoms with Crippen LogP contribution in [0.3, 0.4) is 0 Å². The molecule has 1 aromatic carbocycles. The van der Waals surface area contributed by atoms with E-state index in [4.69, 9.17) is 22.3 Å². The van der Waals surface area contributed by atoms with E-state index >= 15 is 0 Å². The van der Waals surface area contributed by atoms with E-state index in [9.17, 15) is 0 Å².